The first-order valence-corrected chi connectivity index (χ1v) is 24.3. The average Bonchev–Trinajstić information content (AvgIpc) is 3.38. The van der Waals surface area contributed by atoms with E-state index in [9.17, 15) is 18.0 Å². The highest BCUT2D eigenvalue weighted by Crippen LogP contribution is 2.47. The van der Waals surface area contributed by atoms with E-state index in [2.05, 4.69) is 112 Å². The van der Waals surface area contributed by atoms with E-state index in [4.69, 9.17) is 18.0 Å². The summed E-state index contributed by atoms with van der Waals surface area (Å²) in [6.45, 7) is 32.4. The molecule has 1 aliphatic rings. The van der Waals surface area contributed by atoms with Crippen LogP contribution in [-0.2, 0) is 31.2 Å². The molecule has 0 saturated carbocycles. The van der Waals surface area contributed by atoms with Gasteiger partial charge in [0.1, 0.15) is 18.3 Å². The van der Waals surface area contributed by atoms with Crippen molar-refractivity contribution in [2.75, 3.05) is 6.61 Å². The van der Waals surface area contributed by atoms with E-state index in [0.29, 0.717) is 4.57 Å². The Balaban J connectivity index is 2.27. The Hall–Kier alpha value is -1.37. The number of nitrogens with zero attached hydrogens (tertiary/aromatic N) is 4. The summed E-state index contributed by atoms with van der Waals surface area (Å²) in [5.74, 6) is -1.31. The SMILES string of the molecule is Cn1c(C(F)(F)F)nc2c(ncn2[C@@H]2O[C@H](CO[Si](C)(C)C(C)(C)C)[C@@H](O[Si](C)(C)C(C)(C)C)[C@H]2O[Si](C)(C)C(C)(C)C)c1=O. The van der Waals surface area contributed by atoms with Crippen molar-refractivity contribution in [1.82, 2.24) is 19.1 Å². The monoisotopic (exact) mass is 692 g/mol. The molecule has 0 aromatic carbocycles. The fourth-order valence-corrected chi connectivity index (χ4v) is 7.98. The highest BCUT2D eigenvalue weighted by atomic mass is 28.4. The van der Waals surface area contributed by atoms with E-state index < -0.39 is 67.1 Å². The van der Waals surface area contributed by atoms with Crippen molar-refractivity contribution < 1.29 is 31.2 Å². The maximum atomic E-state index is 14.0. The molecule has 2 aromatic heterocycles. The Morgan fingerprint density at radius 1 is 0.822 bits per heavy atom. The minimum atomic E-state index is -4.85. The molecule has 0 spiro atoms. The Kier molecular flexibility index (Phi) is 10.1. The third kappa shape index (κ3) is 7.54. The molecule has 2 aromatic rings. The van der Waals surface area contributed by atoms with Gasteiger partial charge in [-0.1, -0.05) is 62.3 Å². The van der Waals surface area contributed by atoms with Crippen LogP contribution in [0, 0.1) is 0 Å². The van der Waals surface area contributed by atoms with E-state index in [1.807, 2.05) is 0 Å². The summed E-state index contributed by atoms with van der Waals surface area (Å²) in [4.78, 5) is 21.2. The van der Waals surface area contributed by atoms with E-state index in [-0.39, 0.29) is 32.9 Å². The second-order valence-corrected chi connectivity index (χ2v) is 31.3. The van der Waals surface area contributed by atoms with Gasteiger partial charge in [0.25, 0.3) is 5.56 Å². The highest BCUT2D eigenvalue weighted by Gasteiger charge is 2.55. The summed E-state index contributed by atoms with van der Waals surface area (Å²) in [5, 5.41) is -0.395. The zero-order chi connectivity index (χ0) is 34.9. The lowest BCUT2D eigenvalue weighted by molar-refractivity contribution is -0.147. The molecule has 0 amide bonds. The highest BCUT2D eigenvalue weighted by molar-refractivity contribution is 6.75. The Labute approximate surface area is 269 Å². The molecule has 9 nitrogen and oxygen atoms in total. The van der Waals surface area contributed by atoms with Crippen LogP contribution >= 0.6 is 0 Å². The quantitative estimate of drug-likeness (QED) is 0.261. The molecule has 0 bridgehead atoms. The third-order valence-electron chi connectivity index (χ3n) is 10.5. The summed E-state index contributed by atoms with van der Waals surface area (Å²) >= 11 is 0. The van der Waals surface area contributed by atoms with Crippen LogP contribution in [0.1, 0.15) is 74.4 Å². The molecule has 3 rings (SSSR count). The van der Waals surface area contributed by atoms with E-state index in [0.717, 1.165) is 7.05 Å². The van der Waals surface area contributed by atoms with Gasteiger partial charge in [-0.15, -0.1) is 0 Å². The molecule has 0 radical (unpaired) electrons. The van der Waals surface area contributed by atoms with Crippen LogP contribution < -0.4 is 5.56 Å². The van der Waals surface area contributed by atoms with E-state index in [1.54, 1.807) is 0 Å². The van der Waals surface area contributed by atoms with Crippen molar-refractivity contribution in [2.45, 2.75) is 147 Å². The number of halogens is 3. The third-order valence-corrected chi connectivity index (χ3v) is 24.0. The number of rotatable bonds is 8. The number of alkyl halides is 3. The van der Waals surface area contributed by atoms with Gasteiger partial charge in [-0.3, -0.25) is 13.9 Å². The smallest absolute Gasteiger partial charge is 0.414 e. The van der Waals surface area contributed by atoms with Gasteiger partial charge in [0.15, 0.2) is 42.3 Å². The van der Waals surface area contributed by atoms with Crippen LogP contribution in [0.25, 0.3) is 11.2 Å². The van der Waals surface area contributed by atoms with Gasteiger partial charge in [-0.25, -0.2) is 9.97 Å². The molecule has 0 N–H and O–H groups in total. The van der Waals surface area contributed by atoms with Gasteiger partial charge in [0, 0.05) is 7.05 Å². The van der Waals surface area contributed by atoms with Crippen molar-refractivity contribution in [3.63, 3.8) is 0 Å². The number of hydrogen-bond acceptors (Lipinski definition) is 7. The number of hydrogen-bond donors (Lipinski definition) is 0. The fraction of sp³-hybridized carbons (Fsp3) is 0.833. The molecule has 15 heteroatoms. The molecule has 0 aliphatic carbocycles. The number of ether oxygens (including phenoxy) is 1. The van der Waals surface area contributed by atoms with Gasteiger partial charge in [0.05, 0.1) is 12.9 Å². The van der Waals surface area contributed by atoms with Crippen molar-refractivity contribution in [3.8, 4) is 0 Å². The number of imidazole rings is 1. The minimum absolute atomic E-state index is 0.0592. The molecule has 1 fully saturated rings. The van der Waals surface area contributed by atoms with E-state index >= 15 is 0 Å². The zero-order valence-corrected chi connectivity index (χ0v) is 33.1. The molecular weight excluding hydrogens is 638 g/mol. The van der Waals surface area contributed by atoms with Crippen LogP contribution in [0.4, 0.5) is 13.2 Å². The summed E-state index contributed by atoms with van der Waals surface area (Å²) in [6, 6.07) is 0. The molecule has 258 valence electrons. The summed E-state index contributed by atoms with van der Waals surface area (Å²) < 4.78 is 71.5. The average molecular weight is 693 g/mol. The standard InChI is InChI=1S/C30H55F3N4O5Si3/c1-27(2,3)43(11,12)39-17-19-21(41-44(13,14)28(4,5)6)22(42-45(15,16)29(7,8)9)25(40-19)37-18-34-20-23(37)35-26(30(31,32)33)36(10)24(20)38/h18-19,21-22,25H,17H2,1-16H3/t19-,21-,22-,25-/m1/s1. The molecular formula is C30H55F3N4O5Si3. The molecule has 4 atom stereocenters. The lowest BCUT2D eigenvalue weighted by atomic mass is 10.1. The molecule has 45 heavy (non-hydrogen) atoms. The number of aromatic nitrogens is 4. The van der Waals surface area contributed by atoms with Crippen molar-refractivity contribution >= 4 is 36.1 Å². The van der Waals surface area contributed by atoms with Crippen molar-refractivity contribution in [3.05, 3.63) is 22.5 Å². The van der Waals surface area contributed by atoms with Crippen LogP contribution in [0.5, 0.6) is 0 Å². The lowest BCUT2D eigenvalue weighted by Gasteiger charge is -2.44. The number of fused-ring (bicyclic) bond motifs is 1. The van der Waals surface area contributed by atoms with Gasteiger partial charge in [0.2, 0.25) is 5.82 Å². The lowest BCUT2D eigenvalue weighted by Crippen LogP contribution is -2.54. The van der Waals surface area contributed by atoms with E-state index in [1.165, 1.54) is 10.9 Å². The summed E-state index contributed by atoms with van der Waals surface area (Å²) in [5.41, 5.74) is -1.28. The van der Waals surface area contributed by atoms with Crippen LogP contribution in [0.3, 0.4) is 0 Å². The van der Waals surface area contributed by atoms with Gasteiger partial charge < -0.3 is 18.0 Å². The molecule has 3 heterocycles. The summed E-state index contributed by atoms with van der Waals surface area (Å²) in [6.07, 6.45) is -6.41. The zero-order valence-electron chi connectivity index (χ0n) is 30.1. The Bertz CT molecular complexity index is 1440. The van der Waals surface area contributed by atoms with Crippen LogP contribution in [0.15, 0.2) is 11.1 Å². The first-order valence-electron chi connectivity index (χ1n) is 15.6. The Morgan fingerprint density at radius 2 is 1.29 bits per heavy atom. The maximum absolute atomic E-state index is 14.0. The molecule has 0 unspecified atom stereocenters. The minimum Gasteiger partial charge on any atom is -0.414 e. The molecule has 1 saturated heterocycles. The fourth-order valence-electron chi connectivity index (χ4n) is 4.36. The van der Waals surface area contributed by atoms with Crippen molar-refractivity contribution in [2.24, 2.45) is 7.05 Å². The predicted molar refractivity (Wildman–Crippen MR) is 179 cm³/mol. The van der Waals surface area contributed by atoms with Crippen molar-refractivity contribution in [1.29, 1.82) is 0 Å². The predicted octanol–water partition coefficient (Wildman–Crippen LogP) is 7.85. The first kappa shape index (κ1) is 38.1. The Morgan fingerprint density at radius 3 is 1.73 bits per heavy atom. The normalized spacial score (nSPS) is 22.9. The first-order chi connectivity index (χ1) is 19.9. The second kappa shape index (κ2) is 11.9. The summed E-state index contributed by atoms with van der Waals surface area (Å²) in [7, 11) is -6.13. The van der Waals surface area contributed by atoms with Crippen LogP contribution in [-0.4, -0.2) is 69.0 Å². The van der Waals surface area contributed by atoms with Gasteiger partial charge in [-0.2, -0.15) is 13.2 Å². The molecule has 1 aliphatic heterocycles. The largest absolute Gasteiger partial charge is 0.449 e. The topological polar surface area (TPSA) is 89.6 Å². The van der Waals surface area contributed by atoms with Crippen LogP contribution in [0.2, 0.25) is 54.4 Å². The van der Waals surface area contributed by atoms with Gasteiger partial charge in [-0.05, 0) is 54.4 Å². The van der Waals surface area contributed by atoms with Gasteiger partial charge >= 0.3 is 6.18 Å². The maximum Gasteiger partial charge on any atom is 0.449 e. The second-order valence-electron chi connectivity index (χ2n) is 16.9.